The number of nitrogen functional groups attached to an aromatic ring is 1. The van der Waals surface area contributed by atoms with Crippen LogP contribution in [-0.2, 0) is 6.42 Å². The zero-order valence-electron chi connectivity index (χ0n) is 11.2. The van der Waals surface area contributed by atoms with Crippen molar-refractivity contribution < 1.29 is 0 Å². The van der Waals surface area contributed by atoms with Gasteiger partial charge in [0.2, 0.25) is 0 Å². The third-order valence-corrected chi connectivity index (χ3v) is 3.73. The highest BCUT2D eigenvalue weighted by Crippen LogP contribution is 2.23. The lowest BCUT2D eigenvalue weighted by atomic mass is 10.0. The third-order valence-electron chi connectivity index (χ3n) is 2.77. The van der Waals surface area contributed by atoms with Gasteiger partial charge in [-0.05, 0) is 19.8 Å². The Bertz CT molecular complexity index is 537. The average Bonchev–Trinajstić information content (AvgIpc) is 2.62. The highest BCUT2D eigenvalue weighted by molar-refractivity contribution is 7.09. The van der Waals surface area contributed by atoms with Crippen molar-refractivity contribution in [2.75, 3.05) is 5.73 Å². The molecule has 0 amide bonds. The van der Waals surface area contributed by atoms with Gasteiger partial charge >= 0.3 is 0 Å². The van der Waals surface area contributed by atoms with Gasteiger partial charge in [0, 0.05) is 22.3 Å². The van der Waals surface area contributed by atoms with Crippen molar-refractivity contribution in [2.45, 2.75) is 40.0 Å². The summed E-state index contributed by atoms with van der Waals surface area (Å²) >= 11 is 1.63. The van der Waals surface area contributed by atoms with E-state index in [0.717, 1.165) is 27.8 Å². The summed E-state index contributed by atoms with van der Waals surface area (Å²) in [5.41, 5.74) is 9.08. The Morgan fingerprint density at radius 1 is 1.22 bits per heavy atom. The molecule has 2 heterocycles. The fraction of sp³-hybridized carbons (Fsp3) is 0.462. The van der Waals surface area contributed by atoms with Gasteiger partial charge in [0.15, 0.2) is 0 Å². The van der Waals surface area contributed by atoms with E-state index in [1.54, 1.807) is 11.3 Å². The van der Waals surface area contributed by atoms with E-state index in [0.29, 0.717) is 18.2 Å². The Morgan fingerprint density at radius 3 is 2.44 bits per heavy atom. The maximum atomic E-state index is 6.01. The summed E-state index contributed by atoms with van der Waals surface area (Å²) in [6.45, 7) is 8.18. The Hall–Kier alpha value is -1.49. The van der Waals surface area contributed by atoms with Gasteiger partial charge < -0.3 is 5.73 Å². The first kappa shape index (κ1) is 13.0. The van der Waals surface area contributed by atoms with Crippen molar-refractivity contribution in [3.05, 3.63) is 33.2 Å². The lowest BCUT2D eigenvalue weighted by Crippen LogP contribution is -2.09. The fourth-order valence-corrected chi connectivity index (χ4v) is 2.84. The molecule has 4 nitrogen and oxygen atoms in total. The molecule has 0 spiro atoms. The molecule has 18 heavy (non-hydrogen) atoms. The van der Waals surface area contributed by atoms with Crippen LogP contribution >= 0.6 is 11.3 Å². The topological polar surface area (TPSA) is 64.7 Å². The minimum absolute atomic E-state index is 0.348. The van der Waals surface area contributed by atoms with Crippen molar-refractivity contribution in [1.82, 2.24) is 15.0 Å². The summed E-state index contributed by atoms with van der Waals surface area (Å²) in [7, 11) is 0. The molecule has 0 aliphatic heterocycles. The van der Waals surface area contributed by atoms with Gasteiger partial charge in [0.1, 0.15) is 16.6 Å². The highest BCUT2D eigenvalue weighted by Gasteiger charge is 2.13. The molecular weight excluding hydrogens is 244 g/mol. The van der Waals surface area contributed by atoms with Crippen LogP contribution in [0, 0.1) is 13.8 Å². The first-order valence-electron chi connectivity index (χ1n) is 6.01. The molecule has 0 aliphatic carbocycles. The molecule has 2 rings (SSSR count). The minimum atomic E-state index is 0.348. The van der Waals surface area contributed by atoms with Gasteiger partial charge in [0.05, 0.1) is 6.42 Å². The number of nitrogens with two attached hydrogens (primary N) is 1. The van der Waals surface area contributed by atoms with E-state index in [4.69, 9.17) is 5.73 Å². The minimum Gasteiger partial charge on any atom is -0.383 e. The van der Waals surface area contributed by atoms with Crippen molar-refractivity contribution in [1.29, 1.82) is 0 Å². The summed E-state index contributed by atoms with van der Waals surface area (Å²) in [6.07, 6.45) is 0.655. The molecule has 0 radical (unpaired) electrons. The molecule has 2 aromatic rings. The van der Waals surface area contributed by atoms with Crippen LogP contribution in [0.2, 0.25) is 0 Å². The van der Waals surface area contributed by atoms with Gasteiger partial charge in [-0.2, -0.15) is 0 Å². The summed E-state index contributed by atoms with van der Waals surface area (Å²) in [5.74, 6) is 1.70. The van der Waals surface area contributed by atoms with E-state index in [9.17, 15) is 0 Å². The predicted molar refractivity (Wildman–Crippen MR) is 74.9 cm³/mol. The molecular formula is C13H18N4S. The van der Waals surface area contributed by atoms with Crippen molar-refractivity contribution in [3.63, 3.8) is 0 Å². The number of thiazole rings is 1. The molecule has 5 heteroatoms. The first-order valence-corrected chi connectivity index (χ1v) is 6.89. The normalized spacial score (nSPS) is 11.2. The number of anilines is 1. The third kappa shape index (κ3) is 2.67. The zero-order valence-corrected chi connectivity index (χ0v) is 12.0. The smallest absolute Gasteiger partial charge is 0.137 e. The van der Waals surface area contributed by atoms with E-state index >= 15 is 0 Å². The molecule has 0 aromatic carbocycles. The second-order valence-corrected chi connectivity index (χ2v) is 5.68. The average molecular weight is 262 g/mol. The molecule has 0 unspecified atom stereocenters. The monoisotopic (exact) mass is 262 g/mol. The number of hydrogen-bond donors (Lipinski definition) is 1. The Balaban J connectivity index is 2.30. The lowest BCUT2D eigenvalue weighted by Gasteiger charge is -2.12. The summed E-state index contributed by atoms with van der Waals surface area (Å²) in [4.78, 5) is 13.3. The summed E-state index contributed by atoms with van der Waals surface area (Å²) < 4.78 is 0. The van der Waals surface area contributed by atoms with Crippen molar-refractivity contribution in [2.24, 2.45) is 0 Å². The van der Waals surface area contributed by atoms with Crippen LogP contribution < -0.4 is 5.73 Å². The molecule has 0 bridgehead atoms. The molecule has 0 saturated carbocycles. The van der Waals surface area contributed by atoms with Crippen LogP contribution in [0.3, 0.4) is 0 Å². The molecule has 96 valence electrons. The van der Waals surface area contributed by atoms with Crippen LogP contribution in [0.1, 0.15) is 47.5 Å². The maximum absolute atomic E-state index is 6.01. The van der Waals surface area contributed by atoms with Crippen LogP contribution in [0.15, 0.2) is 5.38 Å². The number of nitrogens with zero attached hydrogens (tertiary/aromatic N) is 3. The Morgan fingerprint density at radius 2 is 1.94 bits per heavy atom. The molecule has 0 aliphatic rings. The zero-order chi connectivity index (χ0) is 13.3. The maximum Gasteiger partial charge on any atom is 0.137 e. The molecule has 2 aromatic heterocycles. The SMILES string of the molecule is Cc1csc(Cc2nc(C)c(C(C)C)c(N)n2)n1. The largest absolute Gasteiger partial charge is 0.383 e. The van der Waals surface area contributed by atoms with E-state index in [-0.39, 0.29) is 0 Å². The number of rotatable bonds is 3. The number of hydrogen-bond acceptors (Lipinski definition) is 5. The summed E-state index contributed by atoms with van der Waals surface area (Å²) in [5, 5.41) is 3.07. The second-order valence-electron chi connectivity index (χ2n) is 4.74. The number of aromatic nitrogens is 3. The second kappa shape index (κ2) is 5.02. The first-order chi connectivity index (χ1) is 8.47. The van der Waals surface area contributed by atoms with Crippen LogP contribution in [0.5, 0.6) is 0 Å². The standard InChI is InChI=1S/C13H18N4S/c1-7(2)12-9(4)16-10(17-13(12)14)5-11-15-8(3)6-18-11/h6-7H,5H2,1-4H3,(H2,14,16,17). The van der Waals surface area contributed by atoms with E-state index in [2.05, 4.69) is 28.8 Å². The molecule has 0 atom stereocenters. The van der Waals surface area contributed by atoms with E-state index < -0.39 is 0 Å². The van der Waals surface area contributed by atoms with Crippen LogP contribution in [-0.4, -0.2) is 15.0 Å². The van der Waals surface area contributed by atoms with Gasteiger partial charge in [-0.1, -0.05) is 13.8 Å². The van der Waals surface area contributed by atoms with Crippen LogP contribution in [0.25, 0.3) is 0 Å². The van der Waals surface area contributed by atoms with Gasteiger partial charge in [0.25, 0.3) is 0 Å². The predicted octanol–water partition coefficient (Wildman–Crippen LogP) is 2.85. The van der Waals surface area contributed by atoms with Gasteiger partial charge in [-0.15, -0.1) is 11.3 Å². The van der Waals surface area contributed by atoms with Gasteiger partial charge in [-0.3, -0.25) is 0 Å². The molecule has 2 N–H and O–H groups in total. The highest BCUT2D eigenvalue weighted by atomic mass is 32.1. The molecule has 0 saturated heterocycles. The van der Waals surface area contributed by atoms with Crippen molar-refractivity contribution >= 4 is 17.2 Å². The lowest BCUT2D eigenvalue weighted by molar-refractivity contribution is 0.816. The van der Waals surface area contributed by atoms with Crippen molar-refractivity contribution in [3.8, 4) is 0 Å². The summed E-state index contributed by atoms with van der Waals surface area (Å²) in [6, 6.07) is 0. The fourth-order valence-electron chi connectivity index (χ4n) is 2.08. The van der Waals surface area contributed by atoms with Crippen LogP contribution in [0.4, 0.5) is 5.82 Å². The van der Waals surface area contributed by atoms with E-state index in [1.807, 2.05) is 19.2 Å². The quantitative estimate of drug-likeness (QED) is 0.923. The number of aryl methyl sites for hydroxylation is 2. The van der Waals surface area contributed by atoms with E-state index in [1.165, 1.54) is 0 Å². The molecule has 0 fully saturated rings. The Kier molecular flexibility index (Phi) is 3.61. The van der Waals surface area contributed by atoms with Gasteiger partial charge in [-0.25, -0.2) is 15.0 Å². The Labute approximate surface area is 111 Å².